The van der Waals surface area contributed by atoms with Crippen molar-refractivity contribution in [2.45, 2.75) is 18.4 Å². The SMILES string of the molecule is COc1cc(F)c(C2(O)CC2)cc1OC. The summed E-state index contributed by atoms with van der Waals surface area (Å²) in [5.74, 6) is 0.324. The van der Waals surface area contributed by atoms with Crippen LogP contribution in [0.3, 0.4) is 0 Å². The Morgan fingerprint density at radius 3 is 2.20 bits per heavy atom. The summed E-state index contributed by atoms with van der Waals surface area (Å²) in [6.45, 7) is 0. The summed E-state index contributed by atoms with van der Waals surface area (Å²) in [5, 5.41) is 9.83. The highest BCUT2D eigenvalue weighted by Gasteiger charge is 2.44. The fraction of sp³-hybridized carbons (Fsp3) is 0.455. The second kappa shape index (κ2) is 3.38. The Bertz CT molecular complexity index is 386. The fourth-order valence-electron chi connectivity index (χ4n) is 1.60. The molecule has 0 spiro atoms. The summed E-state index contributed by atoms with van der Waals surface area (Å²) >= 11 is 0. The third kappa shape index (κ3) is 1.65. The maximum atomic E-state index is 13.6. The molecule has 1 N–H and O–H groups in total. The fourth-order valence-corrected chi connectivity index (χ4v) is 1.60. The average Bonchev–Trinajstić information content (AvgIpc) is 2.96. The molecule has 0 saturated heterocycles. The molecule has 0 heterocycles. The van der Waals surface area contributed by atoms with Crippen molar-refractivity contribution >= 4 is 0 Å². The van der Waals surface area contributed by atoms with Gasteiger partial charge in [-0.1, -0.05) is 0 Å². The molecule has 0 bridgehead atoms. The number of aliphatic hydroxyl groups is 1. The summed E-state index contributed by atoms with van der Waals surface area (Å²) in [4.78, 5) is 0. The van der Waals surface area contributed by atoms with Crippen molar-refractivity contribution in [3.63, 3.8) is 0 Å². The number of methoxy groups -OCH3 is 2. The molecule has 1 aromatic carbocycles. The molecule has 15 heavy (non-hydrogen) atoms. The van der Waals surface area contributed by atoms with Crippen molar-refractivity contribution in [1.29, 1.82) is 0 Å². The molecule has 3 nitrogen and oxygen atoms in total. The number of hydrogen-bond donors (Lipinski definition) is 1. The Hall–Kier alpha value is -1.29. The van der Waals surface area contributed by atoms with Gasteiger partial charge in [-0.25, -0.2) is 4.39 Å². The Kier molecular flexibility index (Phi) is 2.31. The van der Waals surface area contributed by atoms with Gasteiger partial charge in [-0.05, 0) is 18.9 Å². The number of halogens is 1. The summed E-state index contributed by atoms with van der Waals surface area (Å²) < 4.78 is 23.6. The summed E-state index contributed by atoms with van der Waals surface area (Å²) in [6.07, 6.45) is 1.19. The molecule has 0 amide bonds. The molecule has 1 fully saturated rings. The van der Waals surface area contributed by atoms with Crippen LogP contribution in [-0.2, 0) is 5.60 Å². The topological polar surface area (TPSA) is 38.7 Å². The Balaban J connectivity index is 2.48. The molecular weight excluding hydrogens is 199 g/mol. The number of benzene rings is 1. The lowest BCUT2D eigenvalue weighted by Gasteiger charge is -2.13. The molecule has 0 atom stereocenters. The summed E-state index contributed by atoms with van der Waals surface area (Å²) in [7, 11) is 2.93. The monoisotopic (exact) mass is 212 g/mol. The van der Waals surface area contributed by atoms with E-state index in [1.54, 1.807) is 0 Å². The van der Waals surface area contributed by atoms with E-state index in [2.05, 4.69) is 0 Å². The Labute approximate surface area is 87.4 Å². The van der Waals surface area contributed by atoms with Gasteiger partial charge in [0.2, 0.25) is 0 Å². The van der Waals surface area contributed by atoms with Gasteiger partial charge in [-0.15, -0.1) is 0 Å². The summed E-state index contributed by atoms with van der Waals surface area (Å²) in [6, 6.07) is 2.74. The third-order valence-corrected chi connectivity index (χ3v) is 2.70. The molecule has 2 rings (SSSR count). The zero-order chi connectivity index (χ0) is 11.1. The van der Waals surface area contributed by atoms with Gasteiger partial charge in [-0.3, -0.25) is 0 Å². The quantitative estimate of drug-likeness (QED) is 0.830. The first-order chi connectivity index (χ1) is 7.10. The lowest BCUT2D eigenvalue weighted by atomic mass is 10.1. The van der Waals surface area contributed by atoms with E-state index in [0.29, 0.717) is 29.9 Å². The predicted molar refractivity (Wildman–Crippen MR) is 52.6 cm³/mol. The van der Waals surface area contributed by atoms with Gasteiger partial charge in [0.25, 0.3) is 0 Å². The second-order valence-electron chi connectivity index (χ2n) is 3.72. The van der Waals surface area contributed by atoms with Crippen molar-refractivity contribution in [3.05, 3.63) is 23.5 Å². The van der Waals surface area contributed by atoms with Gasteiger partial charge >= 0.3 is 0 Å². The lowest BCUT2D eigenvalue weighted by molar-refractivity contribution is 0.146. The first-order valence-electron chi connectivity index (χ1n) is 4.75. The highest BCUT2D eigenvalue weighted by molar-refractivity contribution is 5.46. The van der Waals surface area contributed by atoms with E-state index >= 15 is 0 Å². The number of ether oxygens (including phenoxy) is 2. The minimum Gasteiger partial charge on any atom is -0.493 e. The van der Waals surface area contributed by atoms with E-state index in [-0.39, 0.29) is 0 Å². The van der Waals surface area contributed by atoms with Crippen LogP contribution in [0.1, 0.15) is 18.4 Å². The van der Waals surface area contributed by atoms with Crippen LogP contribution in [0.25, 0.3) is 0 Å². The van der Waals surface area contributed by atoms with Crippen LogP contribution < -0.4 is 9.47 Å². The molecule has 0 unspecified atom stereocenters. The smallest absolute Gasteiger partial charge is 0.163 e. The second-order valence-corrected chi connectivity index (χ2v) is 3.72. The Morgan fingerprint density at radius 1 is 1.20 bits per heavy atom. The van der Waals surface area contributed by atoms with E-state index in [0.717, 1.165) is 0 Å². The molecule has 1 saturated carbocycles. The molecule has 0 aromatic heterocycles. The molecule has 4 heteroatoms. The van der Waals surface area contributed by atoms with Crippen molar-refractivity contribution in [2.75, 3.05) is 14.2 Å². The first kappa shape index (κ1) is 10.2. The zero-order valence-corrected chi connectivity index (χ0v) is 8.71. The normalized spacial score (nSPS) is 17.3. The molecular formula is C11H13FO3. The van der Waals surface area contributed by atoms with Crippen LogP contribution in [0.4, 0.5) is 4.39 Å². The van der Waals surface area contributed by atoms with E-state index < -0.39 is 11.4 Å². The highest BCUT2D eigenvalue weighted by atomic mass is 19.1. The molecule has 1 aliphatic rings. The van der Waals surface area contributed by atoms with Gasteiger partial charge in [0.15, 0.2) is 11.5 Å². The predicted octanol–water partition coefficient (Wildman–Crippen LogP) is 1.82. The van der Waals surface area contributed by atoms with Crippen LogP contribution in [0.15, 0.2) is 12.1 Å². The van der Waals surface area contributed by atoms with Crippen LogP contribution in [0.5, 0.6) is 11.5 Å². The molecule has 82 valence electrons. The zero-order valence-electron chi connectivity index (χ0n) is 8.71. The van der Waals surface area contributed by atoms with Crippen LogP contribution in [-0.4, -0.2) is 19.3 Å². The maximum absolute atomic E-state index is 13.6. The summed E-state index contributed by atoms with van der Waals surface area (Å²) in [5.41, 5.74) is -0.705. The third-order valence-electron chi connectivity index (χ3n) is 2.70. The van der Waals surface area contributed by atoms with Gasteiger partial charge in [0.1, 0.15) is 5.82 Å². The maximum Gasteiger partial charge on any atom is 0.163 e. The highest BCUT2D eigenvalue weighted by Crippen LogP contribution is 2.48. The molecule has 0 aliphatic heterocycles. The van der Waals surface area contributed by atoms with Gasteiger partial charge < -0.3 is 14.6 Å². The van der Waals surface area contributed by atoms with Crippen molar-refractivity contribution in [2.24, 2.45) is 0 Å². The van der Waals surface area contributed by atoms with Crippen LogP contribution in [0.2, 0.25) is 0 Å². The lowest BCUT2D eigenvalue weighted by Crippen LogP contribution is -2.08. The van der Waals surface area contributed by atoms with E-state index in [1.807, 2.05) is 0 Å². The molecule has 1 aliphatic carbocycles. The minimum atomic E-state index is -0.996. The van der Waals surface area contributed by atoms with E-state index in [9.17, 15) is 9.50 Å². The number of rotatable bonds is 3. The average molecular weight is 212 g/mol. The minimum absolute atomic E-state index is 0.292. The van der Waals surface area contributed by atoms with Crippen molar-refractivity contribution in [3.8, 4) is 11.5 Å². The van der Waals surface area contributed by atoms with Crippen LogP contribution >= 0.6 is 0 Å². The first-order valence-corrected chi connectivity index (χ1v) is 4.75. The molecule has 1 aromatic rings. The van der Waals surface area contributed by atoms with Crippen molar-refractivity contribution in [1.82, 2.24) is 0 Å². The van der Waals surface area contributed by atoms with Gasteiger partial charge in [-0.2, -0.15) is 0 Å². The van der Waals surface area contributed by atoms with Gasteiger partial charge in [0, 0.05) is 11.6 Å². The number of hydrogen-bond acceptors (Lipinski definition) is 3. The molecule has 0 radical (unpaired) electrons. The van der Waals surface area contributed by atoms with E-state index in [4.69, 9.17) is 9.47 Å². The van der Waals surface area contributed by atoms with Crippen LogP contribution in [0, 0.1) is 5.82 Å². The van der Waals surface area contributed by atoms with Gasteiger partial charge in [0.05, 0.1) is 19.8 Å². The Morgan fingerprint density at radius 2 is 1.73 bits per heavy atom. The van der Waals surface area contributed by atoms with Crippen molar-refractivity contribution < 1.29 is 19.0 Å². The largest absolute Gasteiger partial charge is 0.493 e. The van der Waals surface area contributed by atoms with E-state index in [1.165, 1.54) is 26.4 Å². The standard InChI is InChI=1S/C11H13FO3/c1-14-9-5-7(11(13)3-4-11)8(12)6-10(9)15-2/h5-6,13H,3-4H2,1-2H3.